The molecular formula is C2H3O2S. The molecule has 0 saturated carbocycles. The molecule has 0 aliphatic carbocycles. The number of hydrogen-bond acceptors (Lipinski definition) is 1. The van der Waals surface area contributed by atoms with Crippen molar-refractivity contribution in [2.24, 2.45) is 0 Å². The second kappa shape index (κ2) is 2.11. The first-order valence-corrected chi connectivity index (χ1v) is 2.09. The van der Waals surface area contributed by atoms with Crippen LogP contribution in [0.3, 0.4) is 0 Å². The van der Waals surface area contributed by atoms with Gasteiger partial charge in [-0.05, 0) is 0 Å². The van der Waals surface area contributed by atoms with E-state index in [4.69, 9.17) is 4.55 Å². The zero-order chi connectivity index (χ0) is 4.28. The first-order chi connectivity index (χ1) is 2.27. The van der Waals surface area contributed by atoms with Crippen LogP contribution in [-0.2, 0) is 11.1 Å². The van der Waals surface area contributed by atoms with Gasteiger partial charge < -0.3 is 4.55 Å². The fraction of sp³-hybridized carbons (Fsp3) is 0. The molecule has 0 aliphatic heterocycles. The van der Waals surface area contributed by atoms with Gasteiger partial charge in [-0.15, -0.1) is 0 Å². The van der Waals surface area contributed by atoms with Crippen molar-refractivity contribution in [3.8, 4) is 0 Å². The second-order valence-electron chi connectivity index (χ2n) is 0.412. The van der Waals surface area contributed by atoms with E-state index in [0.717, 1.165) is 0 Å². The Balaban J connectivity index is 3.20. The maximum atomic E-state index is 9.30. The van der Waals surface area contributed by atoms with E-state index in [-0.39, 0.29) is 0 Å². The molecule has 0 rings (SSSR count). The SMILES string of the molecule is [CH]=CS(=O)O. The normalized spacial score (nSPS) is 13.8. The van der Waals surface area contributed by atoms with Crippen LogP contribution in [0.25, 0.3) is 0 Å². The molecule has 0 saturated heterocycles. The van der Waals surface area contributed by atoms with E-state index in [9.17, 15) is 4.21 Å². The van der Waals surface area contributed by atoms with E-state index >= 15 is 0 Å². The molecule has 0 aromatic rings. The summed E-state index contributed by atoms with van der Waals surface area (Å²) in [5, 5.41) is 0.694. The smallest absolute Gasteiger partial charge is 0.178 e. The van der Waals surface area contributed by atoms with Gasteiger partial charge in [0.25, 0.3) is 0 Å². The highest BCUT2D eigenvalue weighted by atomic mass is 32.2. The third kappa shape index (κ3) is 3.85. The molecule has 0 aromatic heterocycles. The van der Waals surface area contributed by atoms with E-state index in [2.05, 4.69) is 6.58 Å². The zero-order valence-electron chi connectivity index (χ0n) is 2.42. The van der Waals surface area contributed by atoms with Crippen LogP contribution in [-0.4, -0.2) is 8.76 Å². The molecule has 1 N–H and O–H groups in total. The lowest BCUT2D eigenvalue weighted by Crippen LogP contribution is -1.70. The van der Waals surface area contributed by atoms with Gasteiger partial charge in [0.2, 0.25) is 0 Å². The average Bonchev–Trinajstić information content (AvgIpc) is 1.38. The van der Waals surface area contributed by atoms with Gasteiger partial charge in [0.1, 0.15) is 0 Å². The van der Waals surface area contributed by atoms with E-state index in [1.54, 1.807) is 0 Å². The highest BCUT2D eigenvalue weighted by Gasteiger charge is 1.68. The Morgan fingerprint density at radius 2 is 2.20 bits per heavy atom. The Hall–Kier alpha value is -0.150. The minimum atomic E-state index is -1.92. The Morgan fingerprint density at radius 3 is 2.20 bits per heavy atom. The molecule has 0 heterocycles. The van der Waals surface area contributed by atoms with Crippen molar-refractivity contribution >= 4 is 11.1 Å². The summed E-state index contributed by atoms with van der Waals surface area (Å²) in [6.45, 7) is 4.50. The Kier molecular flexibility index (Phi) is 2.05. The van der Waals surface area contributed by atoms with Crippen molar-refractivity contribution in [3.05, 3.63) is 12.0 Å². The maximum absolute atomic E-state index is 9.30. The van der Waals surface area contributed by atoms with E-state index in [1.165, 1.54) is 0 Å². The van der Waals surface area contributed by atoms with E-state index < -0.39 is 11.1 Å². The predicted molar refractivity (Wildman–Crippen MR) is 19.6 cm³/mol. The van der Waals surface area contributed by atoms with Gasteiger partial charge in [0.15, 0.2) is 11.1 Å². The van der Waals surface area contributed by atoms with Crippen LogP contribution < -0.4 is 0 Å². The Morgan fingerprint density at radius 1 is 2.00 bits per heavy atom. The highest BCUT2D eigenvalue weighted by molar-refractivity contribution is 7.82. The molecule has 29 valence electrons. The lowest BCUT2D eigenvalue weighted by atomic mass is 11.3. The quantitative estimate of drug-likeness (QED) is 0.466. The molecule has 0 amide bonds. The third-order valence-electron chi connectivity index (χ3n) is 0.116. The van der Waals surface area contributed by atoms with Crippen LogP contribution in [0.15, 0.2) is 5.41 Å². The first-order valence-electron chi connectivity index (χ1n) is 0.918. The lowest BCUT2D eigenvalue weighted by molar-refractivity contribution is 0.574. The van der Waals surface area contributed by atoms with Crippen LogP contribution in [0.1, 0.15) is 0 Å². The van der Waals surface area contributed by atoms with Crippen LogP contribution >= 0.6 is 0 Å². The fourth-order valence-corrected chi connectivity index (χ4v) is 0. The summed E-state index contributed by atoms with van der Waals surface area (Å²) in [5.41, 5.74) is 0. The molecule has 0 fully saturated rings. The Bertz CT molecular complexity index is 58.7. The standard InChI is InChI=1S/C2H3O2S/c1-2-5(3)4/h1-2H,(H,3,4). The minimum absolute atomic E-state index is 0.694. The summed E-state index contributed by atoms with van der Waals surface area (Å²) in [6.07, 6.45) is 0. The monoisotopic (exact) mass is 91.0 g/mol. The topological polar surface area (TPSA) is 37.3 Å². The number of rotatable bonds is 1. The summed E-state index contributed by atoms with van der Waals surface area (Å²) < 4.78 is 17.0. The van der Waals surface area contributed by atoms with Crippen LogP contribution in [0.5, 0.6) is 0 Å². The average molecular weight is 91.1 g/mol. The van der Waals surface area contributed by atoms with Gasteiger partial charge in [0.05, 0.1) is 0 Å². The van der Waals surface area contributed by atoms with Crippen molar-refractivity contribution in [1.29, 1.82) is 0 Å². The largest absolute Gasteiger partial charge is 0.303 e. The summed E-state index contributed by atoms with van der Waals surface area (Å²) in [6, 6.07) is 0. The van der Waals surface area contributed by atoms with Crippen molar-refractivity contribution in [1.82, 2.24) is 0 Å². The molecule has 2 nitrogen and oxygen atoms in total. The van der Waals surface area contributed by atoms with Gasteiger partial charge in [-0.3, -0.25) is 0 Å². The van der Waals surface area contributed by atoms with Crippen molar-refractivity contribution < 1.29 is 8.76 Å². The molecule has 0 bridgehead atoms. The van der Waals surface area contributed by atoms with Gasteiger partial charge >= 0.3 is 0 Å². The summed E-state index contributed by atoms with van der Waals surface area (Å²) in [4.78, 5) is 0. The molecule has 1 radical (unpaired) electrons. The minimum Gasteiger partial charge on any atom is -0.303 e. The second-order valence-corrected chi connectivity index (χ2v) is 1.24. The van der Waals surface area contributed by atoms with Gasteiger partial charge in [-0.1, -0.05) is 6.58 Å². The van der Waals surface area contributed by atoms with Crippen molar-refractivity contribution in [2.75, 3.05) is 0 Å². The van der Waals surface area contributed by atoms with Crippen molar-refractivity contribution in [2.45, 2.75) is 0 Å². The summed E-state index contributed by atoms with van der Waals surface area (Å²) in [5.74, 6) is 0. The molecule has 1 unspecified atom stereocenters. The fourth-order valence-electron chi connectivity index (χ4n) is 0. The Labute approximate surface area is 32.8 Å². The first kappa shape index (κ1) is 4.85. The zero-order valence-corrected chi connectivity index (χ0v) is 3.23. The molecule has 0 aliphatic rings. The molecule has 0 aromatic carbocycles. The van der Waals surface area contributed by atoms with Crippen LogP contribution in [0.4, 0.5) is 0 Å². The molecule has 1 atom stereocenters. The van der Waals surface area contributed by atoms with Gasteiger partial charge in [-0.25, -0.2) is 4.21 Å². The molecule has 3 heteroatoms. The van der Waals surface area contributed by atoms with Gasteiger partial charge in [-0.2, -0.15) is 0 Å². The van der Waals surface area contributed by atoms with Crippen molar-refractivity contribution in [3.63, 3.8) is 0 Å². The van der Waals surface area contributed by atoms with E-state index in [0.29, 0.717) is 5.41 Å². The van der Waals surface area contributed by atoms with Gasteiger partial charge in [0, 0.05) is 5.41 Å². The third-order valence-corrected chi connectivity index (χ3v) is 0.349. The molecular weight excluding hydrogens is 88.1 g/mol. The van der Waals surface area contributed by atoms with Crippen LogP contribution in [0, 0.1) is 6.58 Å². The number of hydrogen-bond donors (Lipinski definition) is 1. The van der Waals surface area contributed by atoms with E-state index in [1.807, 2.05) is 0 Å². The lowest BCUT2D eigenvalue weighted by Gasteiger charge is -1.65. The van der Waals surface area contributed by atoms with Crippen LogP contribution in [0.2, 0.25) is 0 Å². The summed E-state index contributed by atoms with van der Waals surface area (Å²) in [7, 11) is 0. The maximum Gasteiger partial charge on any atom is 0.178 e. The molecule has 0 spiro atoms. The molecule has 5 heavy (non-hydrogen) atoms. The summed E-state index contributed by atoms with van der Waals surface area (Å²) >= 11 is -1.92. The highest BCUT2D eigenvalue weighted by Crippen LogP contribution is 1.64. The predicted octanol–water partition coefficient (Wildman–Crippen LogP) is 0.155.